The van der Waals surface area contributed by atoms with Crippen LogP contribution < -0.4 is 9.47 Å². The van der Waals surface area contributed by atoms with Gasteiger partial charge in [-0.25, -0.2) is 0 Å². The van der Waals surface area contributed by atoms with E-state index in [1.165, 1.54) is 14.2 Å². The lowest BCUT2D eigenvalue weighted by Crippen LogP contribution is -2.50. The van der Waals surface area contributed by atoms with Crippen LogP contribution in [-0.4, -0.2) is 74.6 Å². The molecule has 1 saturated heterocycles. The second-order valence-corrected chi connectivity index (χ2v) is 6.08. The summed E-state index contributed by atoms with van der Waals surface area (Å²) < 4.78 is 15.2. The highest BCUT2D eigenvalue weighted by Gasteiger charge is 2.25. The first kappa shape index (κ1) is 20.5. The van der Waals surface area contributed by atoms with Crippen molar-refractivity contribution in [1.82, 2.24) is 9.80 Å². The molecule has 1 aromatic rings. The third-order valence-corrected chi connectivity index (χ3v) is 4.37. The van der Waals surface area contributed by atoms with Crippen LogP contribution in [0.1, 0.15) is 30.1 Å². The Balaban J connectivity index is 1.90. The first-order valence-electron chi connectivity index (χ1n) is 8.94. The van der Waals surface area contributed by atoms with Gasteiger partial charge in [-0.1, -0.05) is 0 Å². The smallest absolute Gasteiger partial charge is 0.306 e. The van der Waals surface area contributed by atoms with Crippen molar-refractivity contribution in [3.8, 4) is 11.5 Å². The second-order valence-electron chi connectivity index (χ2n) is 6.08. The molecule has 0 bridgehead atoms. The number of ether oxygens (including phenoxy) is 3. The van der Waals surface area contributed by atoms with Gasteiger partial charge in [0.2, 0.25) is 5.91 Å². The topological polar surface area (TPSA) is 85.4 Å². The number of methoxy groups -OCH3 is 2. The molecule has 1 fully saturated rings. The summed E-state index contributed by atoms with van der Waals surface area (Å²) in [5.74, 6) is 0.492. The number of hydrogen-bond acceptors (Lipinski definition) is 6. The maximum atomic E-state index is 12.7. The largest absolute Gasteiger partial charge is 0.497 e. The number of carbonyl (C=O) groups excluding carboxylic acids is 3. The quantitative estimate of drug-likeness (QED) is 0.666. The van der Waals surface area contributed by atoms with Gasteiger partial charge in [0.25, 0.3) is 5.91 Å². The Hall–Kier alpha value is -2.77. The minimum Gasteiger partial charge on any atom is -0.497 e. The van der Waals surface area contributed by atoms with Gasteiger partial charge in [0, 0.05) is 44.2 Å². The highest BCUT2D eigenvalue weighted by Crippen LogP contribution is 2.23. The van der Waals surface area contributed by atoms with Crippen molar-refractivity contribution >= 4 is 17.8 Å². The number of hydrogen-bond donors (Lipinski definition) is 0. The molecule has 1 aliphatic rings. The van der Waals surface area contributed by atoms with Crippen molar-refractivity contribution in [1.29, 1.82) is 0 Å². The van der Waals surface area contributed by atoms with Gasteiger partial charge in [-0.3, -0.25) is 14.4 Å². The van der Waals surface area contributed by atoms with Crippen molar-refractivity contribution in [3.63, 3.8) is 0 Å². The molecule has 8 nitrogen and oxygen atoms in total. The number of piperazine rings is 1. The molecule has 0 spiro atoms. The van der Waals surface area contributed by atoms with Gasteiger partial charge in [0.15, 0.2) is 0 Å². The molecular formula is C19H26N2O6. The predicted octanol–water partition coefficient (Wildman–Crippen LogP) is 1.33. The van der Waals surface area contributed by atoms with Gasteiger partial charge >= 0.3 is 5.97 Å². The minimum absolute atomic E-state index is 0.0788. The molecule has 0 N–H and O–H groups in total. The molecule has 1 heterocycles. The fourth-order valence-corrected chi connectivity index (χ4v) is 2.87. The standard InChI is InChI=1S/C19H26N2O6/c1-4-27-18(23)6-5-17(22)20-7-9-21(10-8-20)19(24)14-11-15(25-2)13-16(12-14)26-3/h11-13H,4-10H2,1-3H3. The zero-order valence-corrected chi connectivity index (χ0v) is 16.0. The molecule has 0 aliphatic carbocycles. The van der Waals surface area contributed by atoms with Gasteiger partial charge in [0.1, 0.15) is 11.5 Å². The predicted molar refractivity (Wildman–Crippen MR) is 97.9 cm³/mol. The van der Waals surface area contributed by atoms with E-state index in [2.05, 4.69) is 0 Å². The van der Waals surface area contributed by atoms with Crippen LogP contribution in [0.4, 0.5) is 0 Å². The van der Waals surface area contributed by atoms with Crippen molar-refractivity contribution in [2.45, 2.75) is 19.8 Å². The molecule has 0 aromatic heterocycles. The Morgan fingerprint density at radius 2 is 1.44 bits per heavy atom. The number of benzene rings is 1. The molecule has 2 rings (SSSR count). The van der Waals surface area contributed by atoms with E-state index in [4.69, 9.17) is 14.2 Å². The van der Waals surface area contributed by atoms with Crippen LogP contribution in [-0.2, 0) is 14.3 Å². The van der Waals surface area contributed by atoms with Crippen molar-refractivity contribution in [2.75, 3.05) is 47.0 Å². The summed E-state index contributed by atoms with van der Waals surface area (Å²) in [4.78, 5) is 39.7. The van der Waals surface area contributed by atoms with Gasteiger partial charge in [-0.05, 0) is 19.1 Å². The molecule has 8 heteroatoms. The molecule has 148 valence electrons. The molecule has 1 aliphatic heterocycles. The second kappa shape index (κ2) is 9.80. The third kappa shape index (κ3) is 5.60. The third-order valence-electron chi connectivity index (χ3n) is 4.37. The highest BCUT2D eigenvalue weighted by molar-refractivity contribution is 5.95. The molecule has 27 heavy (non-hydrogen) atoms. The first-order valence-corrected chi connectivity index (χ1v) is 8.94. The monoisotopic (exact) mass is 378 g/mol. The summed E-state index contributed by atoms with van der Waals surface area (Å²) in [6.07, 6.45) is 0.204. The van der Waals surface area contributed by atoms with Crippen LogP contribution in [0.5, 0.6) is 11.5 Å². The number of amides is 2. The zero-order chi connectivity index (χ0) is 19.8. The fraction of sp³-hybridized carbons (Fsp3) is 0.526. The normalized spacial score (nSPS) is 13.9. The zero-order valence-electron chi connectivity index (χ0n) is 16.0. The van der Waals surface area contributed by atoms with Crippen LogP contribution in [0.25, 0.3) is 0 Å². The Labute approximate surface area is 159 Å². The van der Waals surface area contributed by atoms with Gasteiger partial charge in [-0.15, -0.1) is 0 Å². The van der Waals surface area contributed by atoms with E-state index in [0.717, 1.165) is 0 Å². The first-order chi connectivity index (χ1) is 13.0. The van der Waals surface area contributed by atoms with Crippen LogP contribution in [0.15, 0.2) is 18.2 Å². The van der Waals surface area contributed by atoms with E-state index in [0.29, 0.717) is 49.8 Å². The highest BCUT2D eigenvalue weighted by atomic mass is 16.5. The van der Waals surface area contributed by atoms with E-state index in [-0.39, 0.29) is 30.6 Å². The lowest BCUT2D eigenvalue weighted by Gasteiger charge is -2.35. The van der Waals surface area contributed by atoms with Crippen LogP contribution in [0.2, 0.25) is 0 Å². The maximum absolute atomic E-state index is 12.7. The van der Waals surface area contributed by atoms with Crippen LogP contribution in [0, 0.1) is 0 Å². The number of carbonyl (C=O) groups is 3. The summed E-state index contributed by atoms with van der Waals surface area (Å²) in [7, 11) is 3.06. The average Bonchev–Trinajstić information content (AvgIpc) is 2.71. The molecular weight excluding hydrogens is 352 g/mol. The number of nitrogens with zero attached hydrogens (tertiary/aromatic N) is 2. The van der Waals surface area contributed by atoms with E-state index >= 15 is 0 Å². The van der Waals surface area contributed by atoms with E-state index < -0.39 is 0 Å². The molecule has 0 unspecified atom stereocenters. The minimum atomic E-state index is -0.369. The van der Waals surface area contributed by atoms with Gasteiger partial charge in [0.05, 0.1) is 27.2 Å². The molecule has 2 amide bonds. The average molecular weight is 378 g/mol. The summed E-state index contributed by atoms with van der Waals surface area (Å²) in [6.45, 7) is 3.78. The molecule has 0 radical (unpaired) electrons. The fourth-order valence-electron chi connectivity index (χ4n) is 2.87. The lowest BCUT2D eigenvalue weighted by molar-refractivity contribution is -0.146. The van der Waals surface area contributed by atoms with Gasteiger partial charge < -0.3 is 24.0 Å². The van der Waals surface area contributed by atoms with Crippen molar-refractivity contribution in [2.24, 2.45) is 0 Å². The SMILES string of the molecule is CCOC(=O)CCC(=O)N1CCN(C(=O)c2cc(OC)cc(OC)c2)CC1. The Morgan fingerprint density at radius 1 is 0.889 bits per heavy atom. The van der Waals surface area contributed by atoms with Crippen molar-refractivity contribution < 1.29 is 28.6 Å². The maximum Gasteiger partial charge on any atom is 0.306 e. The van der Waals surface area contributed by atoms with E-state index in [1.54, 1.807) is 34.9 Å². The Bertz CT molecular complexity index is 661. The Morgan fingerprint density at radius 3 is 1.96 bits per heavy atom. The van der Waals surface area contributed by atoms with Gasteiger partial charge in [-0.2, -0.15) is 0 Å². The van der Waals surface area contributed by atoms with Crippen LogP contribution in [0.3, 0.4) is 0 Å². The summed E-state index contributed by atoms with van der Waals surface area (Å²) in [5, 5.41) is 0. The molecule has 0 atom stereocenters. The Kier molecular flexibility index (Phi) is 7.45. The lowest BCUT2D eigenvalue weighted by atomic mass is 10.1. The number of rotatable bonds is 7. The summed E-state index contributed by atoms with van der Waals surface area (Å²) >= 11 is 0. The van der Waals surface area contributed by atoms with E-state index in [1.807, 2.05) is 0 Å². The number of esters is 1. The van der Waals surface area contributed by atoms with Crippen LogP contribution >= 0.6 is 0 Å². The van der Waals surface area contributed by atoms with E-state index in [9.17, 15) is 14.4 Å². The molecule has 0 saturated carbocycles. The summed E-state index contributed by atoms with van der Waals surface area (Å²) in [5.41, 5.74) is 0.480. The van der Waals surface area contributed by atoms with Crippen molar-refractivity contribution in [3.05, 3.63) is 23.8 Å². The molecule has 1 aromatic carbocycles. The summed E-state index contributed by atoms with van der Waals surface area (Å²) in [6, 6.07) is 5.04.